The van der Waals surface area contributed by atoms with Crippen LogP contribution in [0.25, 0.3) is 0 Å². The molecule has 0 aliphatic heterocycles. The van der Waals surface area contributed by atoms with Crippen LogP contribution in [0.2, 0.25) is 0 Å². The Labute approximate surface area is 210 Å². The summed E-state index contributed by atoms with van der Waals surface area (Å²) in [6, 6.07) is 17.2. The zero-order valence-corrected chi connectivity index (χ0v) is 22.6. The van der Waals surface area contributed by atoms with Crippen molar-refractivity contribution in [2.24, 2.45) is 4.99 Å². The van der Waals surface area contributed by atoms with Gasteiger partial charge < -0.3 is 15.4 Å². The first-order valence-electron chi connectivity index (χ1n) is 10.7. The predicted molar refractivity (Wildman–Crippen MR) is 144 cm³/mol. The second kappa shape index (κ2) is 13.7. The lowest BCUT2D eigenvalue weighted by Crippen LogP contribution is -2.38. The van der Waals surface area contributed by atoms with Gasteiger partial charge >= 0.3 is 0 Å². The average Bonchev–Trinajstić information content (AvgIpc) is 2.69. The number of nitrogens with one attached hydrogen (secondary N) is 2. The Balaban J connectivity index is 0.00000512. The molecule has 178 valence electrons. The van der Waals surface area contributed by atoms with Gasteiger partial charge in [0.05, 0.1) is 18.1 Å². The fourth-order valence-corrected chi connectivity index (χ4v) is 4.40. The molecule has 6 nitrogen and oxygen atoms in total. The number of nitrogens with zero attached hydrogens (tertiary/aromatic N) is 1. The van der Waals surface area contributed by atoms with Gasteiger partial charge in [0, 0.05) is 18.7 Å². The van der Waals surface area contributed by atoms with Crippen molar-refractivity contribution in [3.05, 3.63) is 65.7 Å². The summed E-state index contributed by atoms with van der Waals surface area (Å²) in [5.41, 5.74) is 1.54. The molecule has 0 unspecified atom stereocenters. The van der Waals surface area contributed by atoms with Crippen molar-refractivity contribution >= 4 is 39.8 Å². The van der Waals surface area contributed by atoms with E-state index in [1.54, 1.807) is 0 Å². The highest BCUT2D eigenvalue weighted by Gasteiger charge is 2.14. The molecule has 0 aromatic heterocycles. The Hall–Kier alpha value is -1.81. The molecule has 0 saturated carbocycles. The van der Waals surface area contributed by atoms with Gasteiger partial charge in [0.15, 0.2) is 15.8 Å². The first-order valence-corrected chi connectivity index (χ1v) is 12.5. The molecule has 0 bridgehead atoms. The molecule has 2 rings (SSSR count). The number of para-hydroxylation sites is 1. The largest absolute Gasteiger partial charge is 0.488 e. The highest BCUT2D eigenvalue weighted by molar-refractivity contribution is 14.0. The Morgan fingerprint density at radius 3 is 2.31 bits per heavy atom. The molecule has 2 N–H and O–H groups in total. The fourth-order valence-electron chi connectivity index (χ4n) is 2.97. The smallest absolute Gasteiger partial charge is 0.191 e. The SMILES string of the molecule is CCNC(=NCc1ccccc1OC(C)(C)C)NCCCS(=O)(=O)Cc1ccccc1.I. The van der Waals surface area contributed by atoms with E-state index in [1.165, 1.54) is 0 Å². The summed E-state index contributed by atoms with van der Waals surface area (Å²) in [6.07, 6.45) is 0.517. The molecule has 2 aromatic rings. The first kappa shape index (κ1) is 28.2. The molecule has 0 amide bonds. The van der Waals surface area contributed by atoms with Crippen LogP contribution in [0.15, 0.2) is 59.6 Å². The van der Waals surface area contributed by atoms with Crippen LogP contribution in [0, 0.1) is 0 Å². The van der Waals surface area contributed by atoms with Crippen molar-refractivity contribution in [2.45, 2.75) is 52.0 Å². The monoisotopic (exact) mass is 573 g/mol. The number of guanidine groups is 1. The third-order valence-corrected chi connectivity index (χ3v) is 5.98. The van der Waals surface area contributed by atoms with Crippen molar-refractivity contribution in [1.82, 2.24) is 10.6 Å². The number of sulfone groups is 1. The molecule has 0 spiro atoms. The second-order valence-corrected chi connectivity index (χ2v) is 10.6. The summed E-state index contributed by atoms with van der Waals surface area (Å²) < 4.78 is 30.7. The molecule has 32 heavy (non-hydrogen) atoms. The third kappa shape index (κ3) is 11.2. The molecule has 0 saturated heterocycles. The summed E-state index contributed by atoms with van der Waals surface area (Å²) in [5, 5.41) is 6.44. The van der Waals surface area contributed by atoms with E-state index in [9.17, 15) is 8.42 Å². The van der Waals surface area contributed by atoms with Crippen molar-refractivity contribution < 1.29 is 13.2 Å². The van der Waals surface area contributed by atoms with Gasteiger partial charge in [0.2, 0.25) is 0 Å². The molecule has 8 heteroatoms. The summed E-state index contributed by atoms with van der Waals surface area (Å²) in [7, 11) is -3.14. The molecule has 0 fully saturated rings. The number of ether oxygens (including phenoxy) is 1. The van der Waals surface area contributed by atoms with E-state index in [0.29, 0.717) is 25.5 Å². The van der Waals surface area contributed by atoms with Crippen molar-refractivity contribution in [3.63, 3.8) is 0 Å². The van der Waals surface area contributed by atoms with Crippen LogP contribution >= 0.6 is 24.0 Å². The van der Waals surface area contributed by atoms with Crippen molar-refractivity contribution in [2.75, 3.05) is 18.8 Å². The number of hydrogen-bond donors (Lipinski definition) is 2. The highest BCUT2D eigenvalue weighted by Crippen LogP contribution is 2.23. The van der Waals surface area contributed by atoms with Crippen LogP contribution in [-0.4, -0.2) is 38.8 Å². The maximum absolute atomic E-state index is 12.3. The predicted octanol–water partition coefficient (Wildman–Crippen LogP) is 4.54. The summed E-state index contributed by atoms with van der Waals surface area (Å²) >= 11 is 0. The molecular weight excluding hydrogens is 537 g/mol. The van der Waals surface area contributed by atoms with Gasteiger partial charge in [0.1, 0.15) is 11.4 Å². The van der Waals surface area contributed by atoms with E-state index >= 15 is 0 Å². The van der Waals surface area contributed by atoms with E-state index in [2.05, 4.69) is 15.6 Å². The molecule has 2 aromatic carbocycles. The van der Waals surface area contributed by atoms with Crippen molar-refractivity contribution in [3.8, 4) is 5.75 Å². The molecule has 0 aliphatic carbocycles. The Kier molecular flexibility index (Phi) is 12.1. The van der Waals surface area contributed by atoms with Gasteiger partial charge in [-0.3, -0.25) is 0 Å². The third-order valence-electron chi connectivity index (χ3n) is 4.29. The molecule has 0 radical (unpaired) electrons. The van der Waals surface area contributed by atoms with Crippen LogP contribution in [0.1, 0.15) is 45.2 Å². The minimum Gasteiger partial charge on any atom is -0.488 e. The summed E-state index contributed by atoms with van der Waals surface area (Å²) in [4.78, 5) is 4.64. The van der Waals surface area contributed by atoms with Crippen LogP contribution in [0.4, 0.5) is 0 Å². The summed E-state index contributed by atoms with van der Waals surface area (Å²) in [6.45, 7) is 9.77. The second-order valence-electron chi connectivity index (χ2n) is 8.38. The number of benzene rings is 2. The van der Waals surface area contributed by atoms with Gasteiger partial charge in [-0.2, -0.15) is 0 Å². The van der Waals surface area contributed by atoms with Gasteiger partial charge in [-0.15, -0.1) is 24.0 Å². The van der Waals surface area contributed by atoms with Crippen LogP contribution in [0.5, 0.6) is 5.75 Å². The quantitative estimate of drug-likeness (QED) is 0.189. The van der Waals surface area contributed by atoms with Crippen LogP contribution in [-0.2, 0) is 22.1 Å². The van der Waals surface area contributed by atoms with E-state index in [4.69, 9.17) is 4.74 Å². The molecular formula is C24H36IN3O3S. The van der Waals surface area contributed by atoms with Gasteiger partial charge in [-0.1, -0.05) is 48.5 Å². The Bertz CT molecular complexity index is 942. The standard InChI is InChI=1S/C24H35N3O3S.HI/c1-5-25-23(27-18-21-14-9-10-15-22(21)30-24(2,3)4)26-16-11-17-31(28,29)19-20-12-7-6-8-13-20;/h6-10,12-15H,5,11,16-19H2,1-4H3,(H2,25,26,27);1H. The number of halogens is 1. The molecule has 0 atom stereocenters. The van der Waals surface area contributed by atoms with E-state index in [-0.39, 0.29) is 41.1 Å². The number of hydrogen-bond acceptors (Lipinski definition) is 4. The zero-order chi connectivity index (χ0) is 22.7. The normalized spacial score (nSPS) is 12.1. The van der Waals surface area contributed by atoms with E-state index < -0.39 is 9.84 Å². The number of rotatable bonds is 10. The van der Waals surface area contributed by atoms with Crippen LogP contribution in [0.3, 0.4) is 0 Å². The van der Waals surface area contributed by atoms with Gasteiger partial charge in [-0.05, 0) is 45.7 Å². The maximum Gasteiger partial charge on any atom is 0.191 e. The van der Waals surface area contributed by atoms with Crippen molar-refractivity contribution in [1.29, 1.82) is 0 Å². The zero-order valence-electron chi connectivity index (χ0n) is 19.4. The Morgan fingerprint density at radius 2 is 1.66 bits per heavy atom. The lowest BCUT2D eigenvalue weighted by Gasteiger charge is -2.23. The van der Waals surface area contributed by atoms with E-state index in [1.807, 2.05) is 82.3 Å². The minimum absolute atomic E-state index is 0. The van der Waals surface area contributed by atoms with Gasteiger partial charge in [-0.25, -0.2) is 13.4 Å². The molecule has 0 heterocycles. The van der Waals surface area contributed by atoms with Crippen LogP contribution < -0.4 is 15.4 Å². The minimum atomic E-state index is -3.14. The van der Waals surface area contributed by atoms with E-state index in [0.717, 1.165) is 23.4 Å². The molecule has 0 aliphatic rings. The van der Waals surface area contributed by atoms with Gasteiger partial charge in [0.25, 0.3) is 0 Å². The fraction of sp³-hybridized carbons (Fsp3) is 0.458. The lowest BCUT2D eigenvalue weighted by molar-refractivity contribution is 0.129. The summed E-state index contributed by atoms with van der Waals surface area (Å²) in [5.74, 6) is 1.69. The first-order chi connectivity index (χ1) is 14.7. The number of aliphatic imine (C=N–C) groups is 1. The Morgan fingerprint density at radius 1 is 1.00 bits per heavy atom. The maximum atomic E-state index is 12.3. The lowest BCUT2D eigenvalue weighted by atomic mass is 10.1. The topological polar surface area (TPSA) is 79.8 Å². The average molecular weight is 574 g/mol. The highest BCUT2D eigenvalue weighted by atomic mass is 127.